The lowest BCUT2D eigenvalue weighted by molar-refractivity contribution is -0.114. The molecule has 9 heteroatoms. The molecule has 1 amide bonds. The van der Waals surface area contributed by atoms with E-state index >= 15 is 0 Å². The normalized spacial score (nSPS) is 14.6. The quantitative estimate of drug-likeness (QED) is 0.692. The zero-order valence-corrected chi connectivity index (χ0v) is 17.9. The number of aryl methyl sites for hydroxylation is 1. The molecule has 29 heavy (non-hydrogen) atoms. The van der Waals surface area contributed by atoms with E-state index in [1.165, 1.54) is 11.4 Å². The smallest absolute Gasteiger partial charge is 0.243 e. The lowest BCUT2D eigenvalue weighted by atomic mass is 10.2. The number of hydrogen-bond donors (Lipinski definition) is 2. The van der Waals surface area contributed by atoms with Crippen LogP contribution in [0.3, 0.4) is 0 Å². The number of carbonyl (C=O) groups is 1. The third-order valence-electron chi connectivity index (χ3n) is 4.74. The van der Waals surface area contributed by atoms with Gasteiger partial charge in [-0.2, -0.15) is 4.31 Å². The molecule has 156 valence electrons. The van der Waals surface area contributed by atoms with E-state index in [1.807, 2.05) is 6.92 Å². The van der Waals surface area contributed by atoms with Crippen LogP contribution >= 0.6 is 11.6 Å². The summed E-state index contributed by atoms with van der Waals surface area (Å²) < 4.78 is 32.1. The fourth-order valence-electron chi connectivity index (χ4n) is 3.15. The molecule has 2 aromatic carbocycles. The number of benzene rings is 2. The van der Waals surface area contributed by atoms with Gasteiger partial charge in [-0.15, -0.1) is 0 Å². The van der Waals surface area contributed by atoms with Crippen LogP contribution in [0.15, 0.2) is 41.3 Å². The van der Waals surface area contributed by atoms with Crippen LogP contribution in [-0.2, 0) is 14.8 Å². The number of rotatable bonds is 7. The second-order valence-corrected chi connectivity index (χ2v) is 9.19. The fraction of sp³-hybridized carbons (Fsp3) is 0.350. The van der Waals surface area contributed by atoms with Gasteiger partial charge in [0, 0.05) is 29.9 Å². The molecule has 1 fully saturated rings. The number of sulfonamides is 1. The van der Waals surface area contributed by atoms with Crippen molar-refractivity contribution < 1.29 is 17.9 Å². The molecular formula is C20H24ClN3O4S. The SMILES string of the molecule is COc1cc(Cl)c(C)cc1NC(=O)CNc1cccc(S(=O)(=O)N2CCCC2)c1. The molecule has 1 aliphatic rings. The Labute approximate surface area is 176 Å². The zero-order valence-electron chi connectivity index (χ0n) is 16.4. The van der Waals surface area contributed by atoms with Crippen LogP contribution in [0.2, 0.25) is 5.02 Å². The number of nitrogens with zero attached hydrogens (tertiary/aromatic N) is 1. The van der Waals surface area contributed by atoms with Crippen molar-refractivity contribution in [1.29, 1.82) is 0 Å². The Hall–Kier alpha value is -2.29. The lowest BCUT2D eigenvalue weighted by Gasteiger charge is -2.16. The average Bonchev–Trinajstić information content (AvgIpc) is 3.25. The molecule has 0 radical (unpaired) electrons. The van der Waals surface area contributed by atoms with Gasteiger partial charge in [0.25, 0.3) is 0 Å². The van der Waals surface area contributed by atoms with Crippen molar-refractivity contribution in [3.05, 3.63) is 47.0 Å². The van der Waals surface area contributed by atoms with Crippen LogP contribution < -0.4 is 15.4 Å². The van der Waals surface area contributed by atoms with E-state index in [0.29, 0.717) is 35.2 Å². The maximum Gasteiger partial charge on any atom is 0.243 e. The summed E-state index contributed by atoms with van der Waals surface area (Å²) in [6, 6.07) is 9.89. The van der Waals surface area contributed by atoms with Gasteiger partial charge in [0.2, 0.25) is 15.9 Å². The van der Waals surface area contributed by atoms with Crippen molar-refractivity contribution in [3.8, 4) is 5.75 Å². The number of anilines is 2. The summed E-state index contributed by atoms with van der Waals surface area (Å²) in [5.74, 6) is 0.172. The molecule has 3 rings (SSSR count). The Bertz CT molecular complexity index is 1000. The Balaban J connectivity index is 1.66. The largest absolute Gasteiger partial charge is 0.495 e. The van der Waals surface area contributed by atoms with Crippen molar-refractivity contribution in [2.45, 2.75) is 24.7 Å². The van der Waals surface area contributed by atoms with Gasteiger partial charge < -0.3 is 15.4 Å². The molecule has 0 bridgehead atoms. The maximum absolute atomic E-state index is 12.7. The first-order valence-electron chi connectivity index (χ1n) is 9.29. The molecule has 0 aliphatic carbocycles. The minimum absolute atomic E-state index is 0.0297. The molecule has 1 aliphatic heterocycles. The Kier molecular flexibility index (Phi) is 6.66. The van der Waals surface area contributed by atoms with E-state index in [1.54, 1.807) is 36.4 Å². The van der Waals surface area contributed by atoms with Gasteiger partial charge in [0.1, 0.15) is 5.75 Å². The highest BCUT2D eigenvalue weighted by molar-refractivity contribution is 7.89. The second kappa shape index (κ2) is 9.02. The Morgan fingerprint density at radius 2 is 1.93 bits per heavy atom. The van der Waals surface area contributed by atoms with E-state index in [-0.39, 0.29) is 17.3 Å². The standard InChI is InChI=1S/C20H24ClN3O4S/c1-14-10-18(19(28-2)12-17(14)21)23-20(25)13-22-15-6-5-7-16(11-15)29(26,27)24-8-3-4-9-24/h5-7,10-12,22H,3-4,8-9,13H2,1-2H3,(H,23,25). The predicted molar refractivity (Wildman–Crippen MR) is 114 cm³/mol. The third-order valence-corrected chi connectivity index (χ3v) is 7.05. The van der Waals surface area contributed by atoms with Crippen molar-refractivity contribution in [2.24, 2.45) is 0 Å². The van der Waals surface area contributed by atoms with E-state index in [4.69, 9.17) is 16.3 Å². The molecule has 0 saturated carbocycles. The van der Waals surface area contributed by atoms with Gasteiger partial charge in [-0.25, -0.2) is 8.42 Å². The van der Waals surface area contributed by atoms with Crippen LogP contribution in [0.1, 0.15) is 18.4 Å². The third kappa shape index (κ3) is 5.01. The summed E-state index contributed by atoms with van der Waals surface area (Å²) in [7, 11) is -2.00. The minimum Gasteiger partial charge on any atom is -0.495 e. The van der Waals surface area contributed by atoms with Crippen LogP contribution in [-0.4, -0.2) is 45.4 Å². The second-order valence-electron chi connectivity index (χ2n) is 6.84. The molecule has 0 spiro atoms. The van der Waals surface area contributed by atoms with Crippen molar-refractivity contribution in [1.82, 2.24) is 4.31 Å². The summed E-state index contributed by atoms with van der Waals surface area (Å²) in [6.45, 7) is 2.90. The van der Waals surface area contributed by atoms with Crippen molar-refractivity contribution in [3.63, 3.8) is 0 Å². The average molecular weight is 438 g/mol. The summed E-state index contributed by atoms with van der Waals surface area (Å²) in [6.07, 6.45) is 1.76. The maximum atomic E-state index is 12.7. The van der Waals surface area contributed by atoms with E-state index < -0.39 is 10.0 Å². The topological polar surface area (TPSA) is 87.7 Å². The van der Waals surface area contributed by atoms with Crippen LogP contribution in [0.4, 0.5) is 11.4 Å². The van der Waals surface area contributed by atoms with Crippen molar-refractivity contribution in [2.75, 3.05) is 37.4 Å². The first-order chi connectivity index (χ1) is 13.8. The summed E-state index contributed by atoms with van der Waals surface area (Å²) in [5.41, 5.74) is 1.89. The molecule has 0 aromatic heterocycles. The molecule has 2 N–H and O–H groups in total. The monoisotopic (exact) mass is 437 g/mol. The molecule has 0 unspecified atom stereocenters. The predicted octanol–water partition coefficient (Wildman–Crippen LogP) is 3.49. The zero-order chi connectivity index (χ0) is 21.0. The highest BCUT2D eigenvalue weighted by Gasteiger charge is 2.27. The molecule has 0 atom stereocenters. The van der Waals surface area contributed by atoms with Crippen LogP contribution in [0.25, 0.3) is 0 Å². The van der Waals surface area contributed by atoms with Crippen LogP contribution in [0, 0.1) is 6.92 Å². The highest BCUT2D eigenvalue weighted by atomic mass is 35.5. The van der Waals surface area contributed by atoms with Gasteiger partial charge in [-0.05, 0) is 49.6 Å². The first-order valence-corrected chi connectivity index (χ1v) is 11.1. The molecule has 7 nitrogen and oxygen atoms in total. The van der Waals surface area contributed by atoms with E-state index in [2.05, 4.69) is 10.6 Å². The molecule has 1 heterocycles. The highest BCUT2D eigenvalue weighted by Crippen LogP contribution is 2.31. The number of amides is 1. The van der Waals surface area contributed by atoms with Gasteiger partial charge in [0.05, 0.1) is 24.2 Å². The van der Waals surface area contributed by atoms with E-state index in [9.17, 15) is 13.2 Å². The number of halogens is 1. The van der Waals surface area contributed by atoms with Crippen molar-refractivity contribution >= 4 is 38.9 Å². The van der Waals surface area contributed by atoms with Gasteiger partial charge in [-0.3, -0.25) is 4.79 Å². The van der Waals surface area contributed by atoms with E-state index in [0.717, 1.165) is 18.4 Å². The lowest BCUT2D eigenvalue weighted by Crippen LogP contribution is -2.28. The number of carbonyl (C=O) groups excluding carboxylic acids is 1. The Morgan fingerprint density at radius 1 is 1.21 bits per heavy atom. The Morgan fingerprint density at radius 3 is 2.62 bits per heavy atom. The molecular weight excluding hydrogens is 414 g/mol. The molecule has 2 aromatic rings. The summed E-state index contributed by atoms with van der Waals surface area (Å²) in [5, 5.41) is 6.30. The van der Waals surface area contributed by atoms with Crippen LogP contribution in [0.5, 0.6) is 5.75 Å². The number of ether oxygens (including phenoxy) is 1. The number of nitrogens with one attached hydrogen (secondary N) is 2. The molecule has 1 saturated heterocycles. The summed E-state index contributed by atoms with van der Waals surface area (Å²) >= 11 is 6.08. The number of hydrogen-bond acceptors (Lipinski definition) is 5. The minimum atomic E-state index is -3.50. The first kappa shape index (κ1) is 21.4. The summed E-state index contributed by atoms with van der Waals surface area (Å²) in [4.78, 5) is 12.6. The fourth-order valence-corrected chi connectivity index (χ4v) is 4.87. The van der Waals surface area contributed by atoms with Gasteiger partial charge >= 0.3 is 0 Å². The van der Waals surface area contributed by atoms with Gasteiger partial charge in [-0.1, -0.05) is 17.7 Å². The van der Waals surface area contributed by atoms with Gasteiger partial charge in [0.15, 0.2) is 0 Å². The number of methoxy groups -OCH3 is 1.